The number of pyridine rings is 1. The number of hydrogen-bond acceptors (Lipinski definition) is 5. The summed E-state index contributed by atoms with van der Waals surface area (Å²) in [7, 11) is 0. The van der Waals surface area contributed by atoms with Gasteiger partial charge >= 0.3 is 0 Å². The summed E-state index contributed by atoms with van der Waals surface area (Å²) in [5.74, 6) is 0.0779. The van der Waals surface area contributed by atoms with E-state index in [0.29, 0.717) is 6.54 Å². The number of piperazine rings is 2. The van der Waals surface area contributed by atoms with Gasteiger partial charge in [0.1, 0.15) is 5.54 Å². The zero-order valence-electron chi connectivity index (χ0n) is 17.6. The van der Waals surface area contributed by atoms with Gasteiger partial charge in [0.15, 0.2) is 0 Å². The van der Waals surface area contributed by atoms with Gasteiger partial charge in [-0.3, -0.25) is 24.4 Å². The summed E-state index contributed by atoms with van der Waals surface area (Å²) in [5, 5.41) is 3.17. The Morgan fingerprint density at radius 1 is 1.14 bits per heavy atom. The van der Waals surface area contributed by atoms with E-state index in [1.165, 1.54) is 0 Å². The summed E-state index contributed by atoms with van der Waals surface area (Å²) in [4.78, 5) is 36.9. The van der Waals surface area contributed by atoms with E-state index in [1.54, 1.807) is 0 Å². The van der Waals surface area contributed by atoms with Crippen molar-refractivity contribution in [2.75, 3.05) is 32.7 Å². The number of nitrogens with zero attached hydrogens (tertiary/aromatic N) is 4. The predicted molar refractivity (Wildman–Crippen MR) is 111 cm³/mol. The summed E-state index contributed by atoms with van der Waals surface area (Å²) < 4.78 is 0. The third-order valence-corrected chi connectivity index (χ3v) is 6.74. The highest BCUT2D eigenvalue weighted by atomic mass is 16.2. The van der Waals surface area contributed by atoms with Gasteiger partial charge in [-0.25, -0.2) is 0 Å². The largest absolute Gasteiger partial charge is 0.349 e. The van der Waals surface area contributed by atoms with Crippen LogP contribution in [0.1, 0.15) is 45.2 Å². The fraction of sp³-hybridized carbons (Fsp3) is 0.682. The van der Waals surface area contributed by atoms with Crippen LogP contribution < -0.4 is 5.32 Å². The summed E-state index contributed by atoms with van der Waals surface area (Å²) in [6.45, 7) is 8.62. The number of nitrogens with one attached hydrogen (secondary N) is 1. The molecule has 2 amide bonds. The first-order valence-electron chi connectivity index (χ1n) is 10.9. The fourth-order valence-corrected chi connectivity index (χ4v) is 5.05. The molecule has 0 spiro atoms. The van der Waals surface area contributed by atoms with Crippen LogP contribution in [0.3, 0.4) is 0 Å². The Kier molecular flexibility index (Phi) is 5.88. The number of aromatic nitrogens is 1. The molecule has 29 heavy (non-hydrogen) atoms. The van der Waals surface area contributed by atoms with Gasteiger partial charge < -0.3 is 10.2 Å². The van der Waals surface area contributed by atoms with Crippen LogP contribution in [0.4, 0.5) is 0 Å². The molecule has 1 aliphatic carbocycles. The highest BCUT2D eigenvalue weighted by molar-refractivity contribution is 5.93. The summed E-state index contributed by atoms with van der Waals surface area (Å²) in [5.41, 5.74) is 0.303. The van der Waals surface area contributed by atoms with Crippen LogP contribution >= 0.6 is 0 Å². The Morgan fingerprint density at radius 3 is 2.59 bits per heavy atom. The molecule has 2 atom stereocenters. The molecule has 1 N–H and O–H groups in total. The van der Waals surface area contributed by atoms with Crippen LogP contribution in [-0.4, -0.2) is 81.8 Å². The standard InChI is InChI=1S/C22H33N5O2/c1-22(2)21(29)24-18-8-3-4-9-19(18)27(22)20(28)16-26-13-11-25(12-14-26)15-17-7-5-6-10-23-17/h5-7,10,18-19H,3-4,8-9,11-16H2,1-2H3,(H,24,29)/t18-,19-/m0/s1. The molecule has 0 radical (unpaired) electrons. The molecule has 0 unspecified atom stereocenters. The third kappa shape index (κ3) is 4.31. The maximum Gasteiger partial charge on any atom is 0.245 e. The van der Waals surface area contributed by atoms with E-state index in [0.717, 1.165) is 64.1 Å². The molecule has 3 fully saturated rings. The number of amides is 2. The zero-order chi connectivity index (χ0) is 20.4. The van der Waals surface area contributed by atoms with Gasteiger partial charge in [-0.1, -0.05) is 18.9 Å². The maximum atomic E-state index is 13.3. The lowest BCUT2D eigenvalue weighted by atomic mass is 9.82. The maximum absolute atomic E-state index is 13.3. The summed E-state index contributed by atoms with van der Waals surface area (Å²) >= 11 is 0. The minimum atomic E-state index is -0.781. The number of hydrogen-bond donors (Lipinski definition) is 1. The quantitative estimate of drug-likeness (QED) is 0.825. The third-order valence-electron chi connectivity index (χ3n) is 6.74. The lowest BCUT2D eigenvalue weighted by Gasteiger charge is -2.52. The average molecular weight is 400 g/mol. The molecule has 158 valence electrons. The number of fused-ring (bicyclic) bond motifs is 1. The molecule has 0 aromatic carbocycles. The van der Waals surface area contributed by atoms with E-state index in [9.17, 15) is 9.59 Å². The second-order valence-electron chi connectivity index (χ2n) is 9.13. The van der Waals surface area contributed by atoms with Crippen molar-refractivity contribution in [2.24, 2.45) is 0 Å². The molecule has 2 aliphatic heterocycles. The molecule has 1 aromatic heterocycles. The molecule has 2 saturated heterocycles. The molecule has 1 saturated carbocycles. The second kappa shape index (κ2) is 8.40. The minimum absolute atomic E-state index is 0.0193. The van der Waals surface area contributed by atoms with Crippen LogP contribution in [0, 0.1) is 0 Å². The summed E-state index contributed by atoms with van der Waals surface area (Å²) in [6.07, 6.45) is 6.05. The van der Waals surface area contributed by atoms with E-state index in [4.69, 9.17) is 0 Å². The lowest BCUT2D eigenvalue weighted by Crippen LogP contribution is -2.72. The molecule has 3 aliphatic rings. The average Bonchev–Trinajstić information content (AvgIpc) is 2.71. The monoisotopic (exact) mass is 399 g/mol. The minimum Gasteiger partial charge on any atom is -0.349 e. The molecule has 3 heterocycles. The SMILES string of the molecule is CC1(C)C(=O)N[C@H]2CCCC[C@@H]2N1C(=O)CN1CCN(Cc2ccccn2)CC1. The first-order chi connectivity index (χ1) is 13.9. The van der Waals surface area contributed by atoms with Gasteiger partial charge in [0, 0.05) is 45.0 Å². The van der Waals surface area contributed by atoms with Gasteiger partial charge in [0.25, 0.3) is 0 Å². The van der Waals surface area contributed by atoms with Crippen LogP contribution in [0.25, 0.3) is 0 Å². The molecule has 1 aromatic rings. The highest BCUT2D eigenvalue weighted by Crippen LogP contribution is 2.33. The summed E-state index contributed by atoms with van der Waals surface area (Å²) in [6, 6.07) is 6.26. The molecule has 0 bridgehead atoms. The van der Waals surface area contributed by atoms with Crippen LogP contribution in [0.5, 0.6) is 0 Å². The smallest absolute Gasteiger partial charge is 0.245 e. The van der Waals surface area contributed by atoms with Gasteiger partial charge in [-0.2, -0.15) is 0 Å². The fourth-order valence-electron chi connectivity index (χ4n) is 5.05. The molecule has 7 nitrogen and oxygen atoms in total. The zero-order valence-corrected chi connectivity index (χ0v) is 17.6. The van der Waals surface area contributed by atoms with Crippen molar-refractivity contribution in [1.82, 2.24) is 25.0 Å². The van der Waals surface area contributed by atoms with E-state index >= 15 is 0 Å². The molecular weight excluding hydrogens is 366 g/mol. The van der Waals surface area contributed by atoms with Crippen molar-refractivity contribution in [2.45, 2.75) is 63.7 Å². The first kappa shape index (κ1) is 20.3. The molecular formula is C22H33N5O2. The van der Waals surface area contributed by atoms with Crippen LogP contribution in [-0.2, 0) is 16.1 Å². The number of carbonyl (C=O) groups is 2. The predicted octanol–water partition coefficient (Wildman–Crippen LogP) is 1.25. The van der Waals surface area contributed by atoms with Crippen molar-refractivity contribution < 1.29 is 9.59 Å². The van der Waals surface area contributed by atoms with E-state index in [1.807, 2.05) is 37.1 Å². The van der Waals surface area contributed by atoms with E-state index in [-0.39, 0.29) is 23.9 Å². The topological polar surface area (TPSA) is 68.8 Å². The van der Waals surface area contributed by atoms with Crippen molar-refractivity contribution in [3.8, 4) is 0 Å². The van der Waals surface area contributed by atoms with Crippen molar-refractivity contribution in [3.05, 3.63) is 30.1 Å². The van der Waals surface area contributed by atoms with Crippen LogP contribution in [0.2, 0.25) is 0 Å². The van der Waals surface area contributed by atoms with E-state index < -0.39 is 5.54 Å². The normalized spacial score (nSPS) is 27.9. The van der Waals surface area contributed by atoms with Gasteiger partial charge in [0.2, 0.25) is 11.8 Å². The Labute approximate surface area is 173 Å². The van der Waals surface area contributed by atoms with Crippen molar-refractivity contribution in [1.29, 1.82) is 0 Å². The molecule has 4 rings (SSSR count). The highest BCUT2D eigenvalue weighted by Gasteiger charge is 2.50. The van der Waals surface area contributed by atoms with E-state index in [2.05, 4.69) is 26.2 Å². The number of rotatable bonds is 4. The Morgan fingerprint density at radius 2 is 1.86 bits per heavy atom. The second-order valence-corrected chi connectivity index (χ2v) is 9.13. The van der Waals surface area contributed by atoms with Gasteiger partial charge in [0.05, 0.1) is 18.3 Å². The van der Waals surface area contributed by atoms with Crippen molar-refractivity contribution in [3.63, 3.8) is 0 Å². The molecule has 7 heteroatoms. The van der Waals surface area contributed by atoms with Crippen molar-refractivity contribution >= 4 is 11.8 Å². The lowest BCUT2D eigenvalue weighted by molar-refractivity contribution is -0.158. The Balaban J connectivity index is 1.35. The van der Waals surface area contributed by atoms with Gasteiger partial charge in [-0.05, 0) is 38.8 Å². The Hall–Kier alpha value is -1.99. The van der Waals surface area contributed by atoms with Crippen LogP contribution in [0.15, 0.2) is 24.4 Å². The van der Waals surface area contributed by atoms with Gasteiger partial charge in [-0.15, -0.1) is 0 Å². The Bertz CT molecular complexity index is 730. The number of carbonyl (C=O) groups excluding carboxylic acids is 2. The first-order valence-corrected chi connectivity index (χ1v) is 10.9.